The summed E-state index contributed by atoms with van der Waals surface area (Å²) in [6.07, 6.45) is 2.06. The SMILES string of the molecule is CC(C)(C)OC(=O)N1C(Cc2ccc(N)cc2)CC[C@@H]1[C@H](O[Si](C)(C)C(C)(C)C)c1ccccc1. The minimum Gasteiger partial charge on any atom is -0.444 e. The molecule has 1 aliphatic rings. The molecule has 2 N–H and O–H groups in total. The molecule has 35 heavy (non-hydrogen) atoms. The van der Waals surface area contributed by atoms with Crippen LogP contribution in [0, 0.1) is 0 Å². The van der Waals surface area contributed by atoms with Gasteiger partial charge in [0, 0.05) is 11.7 Å². The van der Waals surface area contributed by atoms with Crippen LogP contribution >= 0.6 is 0 Å². The van der Waals surface area contributed by atoms with Gasteiger partial charge >= 0.3 is 6.09 Å². The number of carbonyl (C=O) groups excluding carboxylic acids is 1. The summed E-state index contributed by atoms with van der Waals surface area (Å²) >= 11 is 0. The number of nitrogens with two attached hydrogens (primary N) is 1. The normalized spacial score (nSPS) is 20.1. The Hall–Kier alpha value is -2.31. The molecule has 1 saturated heterocycles. The molecule has 2 aromatic carbocycles. The zero-order valence-corrected chi connectivity index (χ0v) is 23.8. The first-order chi connectivity index (χ1) is 16.2. The van der Waals surface area contributed by atoms with Crippen molar-refractivity contribution in [2.45, 2.75) is 103 Å². The molecule has 192 valence electrons. The zero-order chi connectivity index (χ0) is 26.0. The highest BCUT2D eigenvalue weighted by Crippen LogP contribution is 2.44. The van der Waals surface area contributed by atoms with Crippen LogP contribution in [0.3, 0.4) is 0 Å². The lowest BCUT2D eigenvalue weighted by atomic mass is 10.0. The Morgan fingerprint density at radius 3 is 2.14 bits per heavy atom. The van der Waals surface area contributed by atoms with Crippen molar-refractivity contribution in [2.24, 2.45) is 0 Å². The van der Waals surface area contributed by atoms with Gasteiger partial charge in [0.1, 0.15) is 5.60 Å². The zero-order valence-electron chi connectivity index (χ0n) is 22.8. The van der Waals surface area contributed by atoms with E-state index in [0.717, 1.165) is 30.5 Å². The number of ether oxygens (including phenoxy) is 1. The van der Waals surface area contributed by atoms with Crippen LogP contribution in [0.4, 0.5) is 10.5 Å². The first-order valence-corrected chi connectivity index (χ1v) is 15.7. The van der Waals surface area contributed by atoms with Gasteiger partial charge in [-0.15, -0.1) is 0 Å². The third-order valence-electron chi connectivity index (χ3n) is 7.31. The van der Waals surface area contributed by atoms with Gasteiger partial charge < -0.3 is 14.9 Å². The summed E-state index contributed by atoms with van der Waals surface area (Å²) in [5.74, 6) is 0. The van der Waals surface area contributed by atoms with Crippen LogP contribution in [0.25, 0.3) is 0 Å². The van der Waals surface area contributed by atoms with Crippen LogP contribution in [0.5, 0.6) is 0 Å². The van der Waals surface area contributed by atoms with Crippen molar-refractivity contribution in [1.82, 2.24) is 4.90 Å². The van der Waals surface area contributed by atoms with E-state index in [2.05, 4.69) is 70.3 Å². The van der Waals surface area contributed by atoms with E-state index in [4.69, 9.17) is 14.9 Å². The second-order valence-electron chi connectivity index (χ2n) is 12.3. The Morgan fingerprint density at radius 2 is 1.60 bits per heavy atom. The minimum atomic E-state index is -2.12. The van der Waals surface area contributed by atoms with Crippen molar-refractivity contribution in [3.05, 3.63) is 65.7 Å². The molecule has 0 radical (unpaired) electrons. The van der Waals surface area contributed by atoms with Crippen LogP contribution in [-0.2, 0) is 15.6 Å². The molecular formula is C29H44N2O3Si. The molecule has 0 aliphatic carbocycles. The van der Waals surface area contributed by atoms with Gasteiger partial charge in [-0.3, -0.25) is 4.90 Å². The molecule has 1 fully saturated rings. The molecule has 2 aromatic rings. The summed E-state index contributed by atoms with van der Waals surface area (Å²) in [5, 5.41) is 0.0543. The summed E-state index contributed by atoms with van der Waals surface area (Å²) in [6, 6.07) is 18.3. The van der Waals surface area contributed by atoms with Crippen molar-refractivity contribution in [1.29, 1.82) is 0 Å². The van der Waals surface area contributed by atoms with Crippen molar-refractivity contribution in [3.63, 3.8) is 0 Å². The number of nitrogens with zero attached hydrogens (tertiary/aromatic N) is 1. The lowest BCUT2D eigenvalue weighted by Crippen LogP contribution is -2.50. The second-order valence-corrected chi connectivity index (χ2v) is 17.1. The Balaban J connectivity index is 2.00. The number of hydrogen-bond donors (Lipinski definition) is 1. The highest BCUT2D eigenvalue weighted by atomic mass is 28.4. The van der Waals surface area contributed by atoms with Gasteiger partial charge in [0.25, 0.3) is 0 Å². The third kappa shape index (κ3) is 6.89. The lowest BCUT2D eigenvalue weighted by Gasteiger charge is -2.43. The van der Waals surface area contributed by atoms with Gasteiger partial charge in [0.05, 0.1) is 12.1 Å². The molecule has 1 amide bonds. The molecule has 3 atom stereocenters. The standard InChI is InChI=1S/C29H44N2O3Si/c1-28(2,3)33-27(32)31-24(20-21-14-16-23(30)17-15-21)18-19-25(31)26(22-12-10-9-11-13-22)34-35(7,8)29(4,5)6/h9-17,24-26H,18-20,30H2,1-8H3/t24?,25-,26-/m1/s1. The van der Waals surface area contributed by atoms with Crippen LogP contribution < -0.4 is 5.73 Å². The fourth-order valence-corrected chi connectivity index (χ4v) is 5.72. The number of benzene rings is 2. The van der Waals surface area contributed by atoms with E-state index in [-0.39, 0.29) is 29.3 Å². The number of likely N-dealkylation sites (tertiary alicyclic amines) is 1. The Morgan fingerprint density at radius 1 is 1.00 bits per heavy atom. The van der Waals surface area contributed by atoms with E-state index in [9.17, 15) is 4.79 Å². The second kappa shape index (κ2) is 10.4. The maximum absolute atomic E-state index is 13.7. The molecule has 0 bridgehead atoms. The van der Waals surface area contributed by atoms with Gasteiger partial charge in [-0.2, -0.15) is 0 Å². The first-order valence-electron chi connectivity index (χ1n) is 12.8. The van der Waals surface area contributed by atoms with E-state index in [1.54, 1.807) is 0 Å². The average molecular weight is 497 g/mol. The van der Waals surface area contributed by atoms with E-state index in [1.165, 1.54) is 5.56 Å². The van der Waals surface area contributed by atoms with Gasteiger partial charge in [0.2, 0.25) is 0 Å². The number of anilines is 1. The highest BCUT2D eigenvalue weighted by Gasteiger charge is 2.47. The molecular weight excluding hydrogens is 452 g/mol. The number of nitrogen functional groups attached to an aromatic ring is 1. The molecule has 1 heterocycles. The molecule has 6 heteroatoms. The fraction of sp³-hybridized carbons (Fsp3) is 0.552. The van der Waals surface area contributed by atoms with Crippen molar-refractivity contribution in [2.75, 3.05) is 5.73 Å². The number of rotatable bonds is 6. The van der Waals surface area contributed by atoms with Gasteiger partial charge in [-0.05, 0) is 81.4 Å². The fourth-order valence-electron chi connectivity index (χ4n) is 4.44. The average Bonchev–Trinajstić information content (AvgIpc) is 3.15. The third-order valence-corrected chi connectivity index (χ3v) is 11.8. The van der Waals surface area contributed by atoms with Crippen LogP contribution in [0.2, 0.25) is 18.1 Å². The molecule has 0 saturated carbocycles. The number of amides is 1. The minimum absolute atomic E-state index is 0.0349. The van der Waals surface area contributed by atoms with E-state index >= 15 is 0 Å². The smallest absolute Gasteiger partial charge is 0.410 e. The predicted octanol–water partition coefficient (Wildman–Crippen LogP) is 7.34. The maximum atomic E-state index is 13.7. The summed E-state index contributed by atoms with van der Waals surface area (Å²) in [5.41, 5.74) is 8.36. The Labute approximate surface area is 213 Å². The number of hydrogen-bond acceptors (Lipinski definition) is 4. The summed E-state index contributed by atoms with van der Waals surface area (Å²) in [7, 11) is -2.12. The maximum Gasteiger partial charge on any atom is 0.410 e. The van der Waals surface area contributed by atoms with E-state index < -0.39 is 13.9 Å². The van der Waals surface area contributed by atoms with Gasteiger partial charge in [-0.25, -0.2) is 4.79 Å². The van der Waals surface area contributed by atoms with E-state index in [1.807, 2.05) is 43.9 Å². The van der Waals surface area contributed by atoms with Crippen LogP contribution in [-0.4, -0.2) is 37.0 Å². The van der Waals surface area contributed by atoms with Gasteiger partial charge in [-0.1, -0.05) is 63.2 Å². The lowest BCUT2D eigenvalue weighted by molar-refractivity contribution is -0.00238. The topological polar surface area (TPSA) is 64.8 Å². The molecule has 1 aliphatic heterocycles. The number of carbonyl (C=O) groups is 1. The molecule has 5 nitrogen and oxygen atoms in total. The van der Waals surface area contributed by atoms with Crippen molar-refractivity contribution in [3.8, 4) is 0 Å². The quantitative estimate of drug-likeness (QED) is 0.335. The summed E-state index contributed by atoms with van der Waals surface area (Å²) in [4.78, 5) is 15.6. The van der Waals surface area contributed by atoms with E-state index in [0.29, 0.717) is 0 Å². The predicted molar refractivity (Wildman–Crippen MR) is 147 cm³/mol. The Bertz CT molecular complexity index is 978. The highest BCUT2D eigenvalue weighted by molar-refractivity contribution is 6.74. The molecule has 0 spiro atoms. The largest absolute Gasteiger partial charge is 0.444 e. The van der Waals surface area contributed by atoms with Crippen LogP contribution in [0.1, 0.15) is 71.6 Å². The summed E-state index contributed by atoms with van der Waals surface area (Å²) < 4.78 is 13.0. The first kappa shape index (κ1) is 27.3. The molecule has 1 unspecified atom stereocenters. The molecule has 3 rings (SSSR count). The van der Waals surface area contributed by atoms with Gasteiger partial charge in [0.15, 0.2) is 8.32 Å². The van der Waals surface area contributed by atoms with Crippen molar-refractivity contribution < 1.29 is 14.0 Å². The Kier molecular flexibility index (Phi) is 8.07. The summed E-state index contributed by atoms with van der Waals surface area (Å²) in [6.45, 7) is 17.1. The van der Waals surface area contributed by atoms with Crippen molar-refractivity contribution >= 4 is 20.1 Å². The van der Waals surface area contributed by atoms with Crippen LogP contribution in [0.15, 0.2) is 54.6 Å². The monoisotopic (exact) mass is 496 g/mol. The molecule has 0 aromatic heterocycles.